The van der Waals surface area contributed by atoms with Crippen LogP contribution in [-0.2, 0) is 13.1 Å². The average Bonchev–Trinajstić information content (AvgIpc) is 2.53. The molecule has 7 heteroatoms. The molecule has 0 aliphatic carbocycles. The second kappa shape index (κ2) is 4.69. The number of likely N-dealkylation sites (tertiary alicyclic amines) is 1. The van der Waals surface area contributed by atoms with E-state index in [9.17, 15) is 4.79 Å². The van der Waals surface area contributed by atoms with Gasteiger partial charge in [0.05, 0.1) is 10.7 Å². The van der Waals surface area contributed by atoms with Gasteiger partial charge < -0.3 is 15.1 Å². The lowest BCUT2D eigenvalue weighted by Gasteiger charge is -2.55. The molecule has 4 rings (SSSR count). The Morgan fingerprint density at radius 3 is 2.76 bits per heavy atom. The molecule has 1 aromatic rings. The van der Waals surface area contributed by atoms with Crippen molar-refractivity contribution in [2.24, 2.45) is 5.41 Å². The Labute approximate surface area is 129 Å². The van der Waals surface area contributed by atoms with Crippen LogP contribution in [0.2, 0.25) is 5.02 Å². The lowest BCUT2D eigenvalue weighted by molar-refractivity contribution is -0.0252. The highest BCUT2D eigenvalue weighted by Gasteiger charge is 2.50. The molecule has 0 atom stereocenters. The predicted octanol–water partition coefficient (Wildman–Crippen LogP) is 0.417. The first kappa shape index (κ1) is 13.5. The summed E-state index contributed by atoms with van der Waals surface area (Å²) in [6.07, 6.45) is 1.04. The highest BCUT2D eigenvalue weighted by molar-refractivity contribution is 6.34. The highest BCUT2D eigenvalue weighted by Crippen LogP contribution is 2.36. The summed E-state index contributed by atoms with van der Waals surface area (Å²) < 4.78 is 1.92. The number of fused-ring (bicyclic) bond motifs is 1. The first-order valence-corrected chi connectivity index (χ1v) is 7.90. The quantitative estimate of drug-likeness (QED) is 0.817. The van der Waals surface area contributed by atoms with Crippen molar-refractivity contribution < 1.29 is 4.79 Å². The molecular formula is C14H20ClN5O. The number of hydrogen-bond donors (Lipinski definition) is 1. The zero-order valence-corrected chi connectivity index (χ0v) is 13.0. The molecule has 1 N–H and O–H groups in total. The predicted molar refractivity (Wildman–Crippen MR) is 79.4 cm³/mol. The Morgan fingerprint density at radius 2 is 2.10 bits per heavy atom. The molecule has 6 nitrogen and oxygen atoms in total. The number of halogens is 1. The minimum Gasteiger partial charge on any atom is -0.336 e. The fourth-order valence-corrected chi connectivity index (χ4v) is 3.81. The fraction of sp³-hybridized carbons (Fsp3) is 0.714. The van der Waals surface area contributed by atoms with Gasteiger partial charge in [-0.3, -0.25) is 9.48 Å². The van der Waals surface area contributed by atoms with Crippen LogP contribution in [0, 0.1) is 5.41 Å². The number of rotatable bonds is 1. The summed E-state index contributed by atoms with van der Waals surface area (Å²) in [6.45, 7) is 6.33. The third-order valence-corrected chi connectivity index (χ3v) is 5.26. The van der Waals surface area contributed by atoms with Crippen molar-refractivity contribution in [1.29, 1.82) is 0 Å². The Hall–Kier alpha value is -1.11. The van der Waals surface area contributed by atoms with Gasteiger partial charge in [-0.05, 0) is 13.5 Å². The number of aryl methyl sites for hydroxylation is 1. The molecule has 2 saturated heterocycles. The summed E-state index contributed by atoms with van der Waals surface area (Å²) in [5.41, 5.74) is 1.74. The molecular weight excluding hydrogens is 290 g/mol. The highest BCUT2D eigenvalue weighted by atomic mass is 35.5. The lowest BCUT2D eigenvalue weighted by atomic mass is 9.74. The van der Waals surface area contributed by atoms with E-state index < -0.39 is 0 Å². The van der Waals surface area contributed by atoms with E-state index in [1.54, 1.807) is 0 Å². The number of aromatic nitrogens is 2. The summed E-state index contributed by atoms with van der Waals surface area (Å²) >= 11 is 6.45. The molecule has 3 aliphatic heterocycles. The number of carbonyl (C=O) groups is 1. The van der Waals surface area contributed by atoms with Crippen molar-refractivity contribution in [3.05, 3.63) is 16.4 Å². The topological polar surface area (TPSA) is 53.4 Å². The Balaban J connectivity index is 1.55. The molecule has 0 saturated carbocycles. The fourth-order valence-electron chi connectivity index (χ4n) is 3.53. The van der Waals surface area contributed by atoms with Crippen molar-refractivity contribution in [2.45, 2.75) is 19.5 Å². The van der Waals surface area contributed by atoms with E-state index in [4.69, 9.17) is 11.6 Å². The van der Waals surface area contributed by atoms with Gasteiger partial charge in [0.1, 0.15) is 0 Å². The van der Waals surface area contributed by atoms with E-state index in [-0.39, 0.29) is 5.91 Å². The number of carbonyl (C=O) groups excluding carboxylic acids is 1. The van der Waals surface area contributed by atoms with Crippen LogP contribution in [0.15, 0.2) is 0 Å². The van der Waals surface area contributed by atoms with Gasteiger partial charge in [0.15, 0.2) is 5.69 Å². The maximum atomic E-state index is 12.6. The normalized spacial score (nSPS) is 24.2. The summed E-state index contributed by atoms with van der Waals surface area (Å²) in [6, 6.07) is 0. The molecule has 4 heterocycles. The van der Waals surface area contributed by atoms with Crippen LogP contribution in [0.1, 0.15) is 22.6 Å². The van der Waals surface area contributed by atoms with Crippen LogP contribution in [0.5, 0.6) is 0 Å². The van der Waals surface area contributed by atoms with Gasteiger partial charge in [-0.1, -0.05) is 11.6 Å². The second-order valence-corrected chi connectivity index (χ2v) is 7.07. The number of nitrogens with zero attached hydrogens (tertiary/aromatic N) is 4. The van der Waals surface area contributed by atoms with E-state index in [2.05, 4.69) is 22.4 Å². The van der Waals surface area contributed by atoms with Gasteiger partial charge in [0, 0.05) is 51.2 Å². The average molecular weight is 310 g/mol. The smallest absolute Gasteiger partial charge is 0.275 e. The largest absolute Gasteiger partial charge is 0.336 e. The molecule has 0 unspecified atom stereocenters. The third kappa shape index (κ3) is 2.08. The van der Waals surface area contributed by atoms with Crippen LogP contribution >= 0.6 is 11.6 Å². The van der Waals surface area contributed by atoms with E-state index in [0.29, 0.717) is 16.1 Å². The van der Waals surface area contributed by atoms with E-state index >= 15 is 0 Å². The summed E-state index contributed by atoms with van der Waals surface area (Å²) in [5, 5.41) is 8.31. The van der Waals surface area contributed by atoms with E-state index in [1.165, 1.54) is 0 Å². The zero-order chi connectivity index (χ0) is 14.6. The van der Waals surface area contributed by atoms with Crippen molar-refractivity contribution in [1.82, 2.24) is 24.9 Å². The molecule has 3 aliphatic rings. The number of hydrogen-bond acceptors (Lipinski definition) is 4. The first-order valence-electron chi connectivity index (χ1n) is 7.52. The summed E-state index contributed by atoms with van der Waals surface area (Å²) in [7, 11) is 2.07. The lowest BCUT2D eigenvalue weighted by Crippen LogP contribution is -2.71. The SMILES string of the molecule is CN1CCCn2nc(C(=O)N3CC4(CNC4)C3)c(Cl)c2C1. The third-order valence-electron chi connectivity index (χ3n) is 4.87. The molecule has 0 bridgehead atoms. The van der Waals surface area contributed by atoms with Gasteiger partial charge >= 0.3 is 0 Å². The molecule has 1 aromatic heterocycles. The van der Waals surface area contributed by atoms with Crippen LogP contribution in [0.4, 0.5) is 0 Å². The second-order valence-electron chi connectivity index (χ2n) is 6.69. The van der Waals surface area contributed by atoms with Gasteiger partial charge in [-0.2, -0.15) is 5.10 Å². The Bertz CT molecular complexity index is 586. The van der Waals surface area contributed by atoms with Crippen molar-refractivity contribution in [3.8, 4) is 0 Å². The van der Waals surface area contributed by atoms with Gasteiger partial charge in [-0.15, -0.1) is 0 Å². The summed E-state index contributed by atoms with van der Waals surface area (Å²) in [5.74, 6) is -0.0132. The zero-order valence-electron chi connectivity index (χ0n) is 12.2. The maximum absolute atomic E-state index is 12.6. The van der Waals surface area contributed by atoms with E-state index in [0.717, 1.165) is 57.9 Å². The van der Waals surface area contributed by atoms with Crippen LogP contribution < -0.4 is 5.32 Å². The van der Waals surface area contributed by atoms with Crippen molar-refractivity contribution in [2.75, 3.05) is 39.8 Å². The van der Waals surface area contributed by atoms with Crippen molar-refractivity contribution >= 4 is 17.5 Å². The molecule has 1 amide bonds. The minimum absolute atomic E-state index is 0.0132. The standard InChI is InChI=1S/C14H20ClN5O/c1-18-3-2-4-20-10(5-18)11(15)12(17-20)13(21)19-8-14(9-19)6-16-7-14/h16H,2-9H2,1H3. The van der Waals surface area contributed by atoms with Gasteiger partial charge in [-0.25, -0.2) is 0 Å². The minimum atomic E-state index is -0.0132. The molecule has 21 heavy (non-hydrogen) atoms. The Morgan fingerprint density at radius 1 is 1.33 bits per heavy atom. The van der Waals surface area contributed by atoms with Crippen LogP contribution in [0.3, 0.4) is 0 Å². The maximum Gasteiger partial charge on any atom is 0.275 e. The Kier molecular flexibility index (Phi) is 3.03. The molecule has 1 spiro atoms. The van der Waals surface area contributed by atoms with Gasteiger partial charge in [0.2, 0.25) is 0 Å². The summed E-state index contributed by atoms with van der Waals surface area (Å²) in [4.78, 5) is 16.7. The van der Waals surface area contributed by atoms with Gasteiger partial charge in [0.25, 0.3) is 5.91 Å². The van der Waals surface area contributed by atoms with Crippen LogP contribution in [-0.4, -0.2) is 65.3 Å². The number of amides is 1. The molecule has 2 fully saturated rings. The number of nitrogens with one attached hydrogen (secondary N) is 1. The van der Waals surface area contributed by atoms with E-state index in [1.807, 2.05) is 9.58 Å². The van der Waals surface area contributed by atoms with Crippen molar-refractivity contribution in [3.63, 3.8) is 0 Å². The molecule has 114 valence electrons. The first-order chi connectivity index (χ1) is 10.1. The molecule has 0 aromatic carbocycles. The monoisotopic (exact) mass is 309 g/mol. The molecule has 0 radical (unpaired) electrons. The van der Waals surface area contributed by atoms with Crippen LogP contribution in [0.25, 0.3) is 0 Å².